The number of hydrogen-bond donors (Lipinski definition) is 2. The van der Waals surface area contributed by atoms with Gasteiger partial charge < -0.3 is 10.6 Å². The Labute approximate surface area is 194 Å². The Bertz CT molecular complexity index is 1010. The Hall–Kier alpha value is -3.10. The number of hydrazine groups is 1. The smallest absolute Gasteiger partial charge is 0.242 e. The van der Waals surface area contributed by atoms with E-state index in [1.807, 2.05) is 0 Å². The topological polar surface area (TPSA) is 98.8 Å². The molecule has 0 bridgehead atoms. The number of carbonyl (C=O) groups is 4. The molecule has 32 heavy (non-hydrogen) atoms. The Balaban J connectivity index is 1.37. The van der Waals surface area contributed by atoms with Crippen LogP contribution < -0.4 is 10.6 Å². The summed E-state index contributed by atoms with van der Waals surface area (Å²) >= 11 is 11.9. The van der Waals surface area contributed by atoms with Gasteiger partial charge in [-0.05, 0) is 36.4 Å². The Kier molecular flexibility index (Phi) is 6.34. The van der Waals surface area contributed by atoms with Gasteiger partial charge in [0.1, 0.15) is 0 Å². The summed E-state index contributed by atoms with van der Waals surface area (Å²) in [5, 5.41) is 9.01. The van der Waals surface area contributed by atoms with E-state index in [4.69, 9.17) is 23.2 Å². The summed E-state index contributed by atoms with van der Waals surface area (Å²) < 4.78 is 0. The molecular formula is C22H20Cl2N4O4. The number of anilines is 2. The highest BCUT2D eigenvalue weighted by Gasteiger charge is 2.44. The molecule has 0 aliphatic carbocycles. The average Bonchev–Trinajstić information content (AvgIpc) is 3.30. The fraction of sp³-hybridized carbons (Fsp3) is 0.273. The standard InChI is InChI=1S/C22H20Cl2N4O4/c23-15-3-1-5-17(9-15)25-21(31)13-7-19(29)27(11-13)28-12-14(8-20(28)30)22(32)26-18-6-2-4-16(24)10-18/h1-6,9-10,13-14H,7-8,11-12H2,(H,25,31)(H,26,32). The number of nitrogens with zero attached hydrogens (tertiary/aromatic N) is 2. The van der Waals surface area contributed by atoms with Gasteiger partial charge in [-0.25, -0.2) is 0 Å². The second-order valence-electron chi connectivity index (χ2n) is 7.75. The summed E-state index contributed by atoms with van der Waals surface area (Å²) in [4.78, 5) is 50.3. The van der Waals surface area contributed by atoms with E-state index in [0.717, 1.165) is 0 Å². The Morgan fingerprint density at radius 2 is 1.16 bits per heavy atom. The zero-order valence-corrected chi connectivity index (χ0v) is 18.4. The summed E-state index contributed by atoms with van der Waals surface area (Å²) in [5.74, 6) is -2.56. The van der Waals surface area contributed by atoms with Crippen LogP contribution in [0.4, 0.5) is 11.4 Å². The van der Waals surface area contributed by atoms with E-state index >= 15 is 0 Å². The van der Waals surface area contributed by atoms with Crippen molar-refractivity contribution in [3.8, 4) is 0 Å². The maximum atomic E-state index is 12.6. The molecule has 2 atom stereocenters. The van der Waals surface area contributed by atoms with Gasteiger partial charge in [0.2, 0.25) is 23.6 Å². The third-order valence-electron chi connectivity index (χ3n) is 5.42. The van der Waals surface area contributed by atoms with Crippen LogP contribution in [0.2, 0.25) is 10.0 Å². The van der Waals surface area contributed by atoms with Crippen LogP contribution in [0, 0.1) is 11.8 Å². The molecule has 2 aromatic rings. The lowest BCUT2D eigenvalue weighted by Gasteiger charge is -2.28. The van der Waals surface area contributed by atoms with Gasteiger partial charge >= 0.3 is 0 Å². The Morgan fingerprint density at radius 1 is 0.750 bits per heavy atom. The highest BCUT2D eigenvalue weighted by Crippen LogP contribution is 2.28. The van der Waals surface area contributed by atoms with Gasteiger partial charge in [0.25, 0.3) is 0 Å². The van der Waals surface area contributed by atoms with Gasteiger partial charge in [-0.1, -0.05) is 35.3 Å². The molecule has 2 unspecified atom stereocenters. The van der Waals surface area contributed by atoms with Crippen molar-refractivity contribution in [3.63, 3.8) is 0 Å². The SMILES string of the molecule is O=C(Nc1cccc(Cl)c1)C1CC(=O)N(N2CC(C(=O)Nc3cccc(Cl)c3)CC2=O)C1. The van der Waals surface area contributed by atoms with Crippen LogP contribution in [-0.2, 0) is 19.2 Å². The molecule has 8 nitrogen and oxygen atoms in total. The number of carbonyl (C=O) groups excluding carboxylic acids is 4. The molecule has 2 aromatic carbocycles. The number of hydrogen-bond acceptors (Lipinski definition) is 4. The normalized spacial score (nSPS) is 20.6. The molecule has 4 amide bonds. The fourth-order valence-corrected chi connectivity index (χ4v) is 4.20. The van der Waals surface area contributed by atoms with Crippen LogP contribution in [0.1, 0.15) is 12.8 Å². The molecule has 2 aliphatic rings. The minimum atomic E-state index is -0.617. The maximum absolute atomic E-state index is 12.6. The molecule has 4 rings (SSSR count). The molecule has 2 aliphatic heterocycles. The predicted octanol–water partition coefficient (Wildman–Crippen LogP) is 3.18. The van der Waals surface area contributed by atoms with E-state index in [1.165, 1.54) is 10.0 Å². The van der Waals surface area contributed by atoms with Crippen LogP contribution in [0.5, 0.6) is 0 Å². The molecule has 2 heterocycles. The predicted molar refractivity (Wildman–Crippen MR) is 120 cm³/mol. The number of rotatable bonds is 5. The van der Waals surface area contributed by atoms with Gasteiger partial charge in [0.05, 0.1) is 24.9 Å². The van der Waals surface area contributed by atoms with Gasteiger partial charge in [-0.2, -0.15) is 0 Å². The van der Waals surface area contributed by atoms with Gasteiger partial charge in [-0.3, -0.25) is 29.2 Å². The van der Waals surface area contributed by atoms with Gasteiger partial charge in [-0.15, -0.1) is 0 Å². The lowest BCUT2D eigenvalue weighted by atomic mass is 10.1. The third-order valence-corrected chi connectivity index (χ3v) is 5.89. The first-order chi connectivity index (χ1) is 15.3. The van der Waals surface area contributed by atoms with E-state index in [-0.39, 0.29) is 49.6 Å². The van der Waals surface area contributed by atoms with Crippen molar-refractivity contribution in [2.45, 2.75) is 12.8 Å². The largest absolute Gasteiger partial charge is 0.326 e. The highest BCUT2D eigenvalue weighted by molar-refractivity contribution is 6.31. The third kappa shape index (κ3) is 4.87. The summed E-state index contributed by atoms with van der Waals surface area (Å²) in [7, 11) is 0. The maximum Gasteiger partial charge on any atom is 0.242 e. The molecule has 2 saturated heterocycles. The molecule has 0 saturated carbocycles. The van der Waals surface area contributed by atoms with E-state index < -0.39 is 11.8 Å². The van der Waals surface area contributed by atoms with Crippen molar-refractivity contribution >= 4 is 58.2 Å². The van der Waals surface area contributed by atoms with Crippen molar-refractivity contribution in [3.05, 3.63) is 58.6 Å². The van der Waals surface area contributed by atoms with Crippen LogP contribution in [0.15, 0.2) is 48.5 Å². The Morgan fingerprint density at radius 3 is 1.53 bits per heavy atom. The number of halogens is 2. The average molecular weight is 475 g/mol. The number of benzene rings is 2. The van der Waals surface area contributed by atoms with Crippen molar-refractivity contribution < 1.29 is 19.2 Å². The highest BCUT2D eigenvalue weighted by atomic mass is 35.5. The number of nitrogens with one attached hydrogen (secondary N) is 2. The summed E-state index contributed by atoms with van der Waals surface area (Å²) in [6, 6.07) is 13.4. The van der Waals surface area contributed by atoms with Gasteiger partial charge in [0.15, 0.2) is 0 Å². The van der Waals surface area contributed by atoms with Crippen LogP contribution in [-0.4, -0.2) is 46.7 Å². The summed E-state index contributed by atoms with van der Waals surface area (Å²) in [6.07, 6.45) is -0.0366. The lowest BCUT2D eigenvalue weighted by molar-refractivity contribution is -0.155. The molecule has 2 N–H and O–H groups in total. The van der Waals surface area contributed by atoms with Crippen molar-refractivity contribution in [2.75, 3.05) is 23.7 Å². The van der Waals surface area contributed by atoms with E-state index in [2.05, 4.69) is 10.6 Å². The van der Waals surface area contributed by atoms with Crippen LogP contribution in [0.3, 0.4) is 0 Å². The first-order valence-corrected chi connectivity index (χ1v) is 10.8. The van der Waals surface area contributed by atoms with Crippen molar-refractivity contribution in [1.29, 1.82) is 0 Å². The zero-order chi connectivity index (χ0) is 22.8. The van der Waals surface area contributed by atoms with Crippen molar-refractivity contribution in [1.82, 2.24) is 10.0 Å². The van der Waals surface area contributed by atoms with E-state index in [0.29, 0.717) is 21.4 Å². The molecule has 2 fully saturated rings. The zero-order valence-electron chi connectivity index (χ0n) is 16.9. The molecule has 0 aromatic heterocycles. The molecule has 0 radical (unpaired) electrons. The molecule has 166 valence electrons. The minimum Gasteiger partial charge on any atom is -0.326 e. The second-order valence-corrected chi connectivity index (χ2v) is 8.63. The van der Waals surface area contributed by atoms with Crippen molar-refractivity contribution in [2.24, 2.45) is 11.8 Å². The fourth-order valence-electron chi connectivity index (χ4n) is 3.82. The van der Waals surface area contributed by atoms with Gasteiger partial charge in [0, 0.05) is 34.3 Å². The second kappa shape index (κ2) is 9.18. The first-order valence-electron chi connectivity index (χ1n) is 10.0. The summed E-state index contributed by atoms with van der Waals surface area (Å²) in [5.41, 5.74) is 1.06. The first kappa shape index (κ1) is 22.1. The minimum absolute atomic E-state index is 0.0183. The van der Waals surface area contributed by atoms with Crippen LogP contribution >= 0.6 is 23.2 Å². The lowest BCUT2D eigenvalue weighted by Crippen LogP contribution is -2.45. The molecule has 0 spiro atoms. The van der Waals surface area contributed by atoms with E-state index in [9.17, 15) is 19.2 Å². The summed E-state index contributed by atoms with van der Waals surface area (Å²) in [6.45, 7) is 0.138. The van der Waals surface area contributed by atoms with Crippen LogP contribution in [0.25, 0.3) is 0 Å². The molecule has 10 heteroatoms. The van der Waals surface area contributed by atoms with E-state index in [1.54, 1.807) is 48.5 Å². The quantitative estimate of drug-likeness (QED) is 0.694. The number of amides is 4. The monoisotopic (exact) mass is 474 g/mol. The molecular weight excluding hydrogens is 455 g/mol.